The minimum Gasteiger partial charge on any atom is -0.207 e. The standard InChI is InChI=1S/C16H17FN2O2S/c1-11-4-5-12(2)16(10-11)22(20,21)19-18-13(3)14-6-8-15(17)9-7-14/h4-10,19H,1-3H3. The maximum atomic E-state index is 12.9. The van der Waals surface area contributed by atoms with Crippen LogP contribution in [0.15, 0.2) is 52.5 Å². The normalized spacial score (nSPS) is 12.3. The summed E-state index contributed by atoms with van der Waals surface area (Å²) in [6, 6.07) is 10.9. The highest BCUT2D eigenvalue weighted by Crippen LogP contribution is 2.16. The fourth-order valence-electron chi connectivity index (χ4n) is 1.93. The second-order valence-corrected chi connectivity index (χ2v) is 6.70. The fourth-order valence-corrected chi connectivity index (χ4v) is 3.12. The molecular weight excluding hydrogens is 303 g/mol. The monoisotopic (exact) mass is 320 g/mol. The van der Waals surface area contributed by atoms with E-state index in [1.54, 1.807) is 38.1 Å². The second-order valence-electron chi connectivity index (χ2n) is 5.07. The van der Waals surface area contributed by atoms with Crippen LogP contribution in [-0.2, 0) is 10.0 Å². The molecule has 0 bridgehead atoms. The molecule has 0 unspecified atom stereocenters. The molecule has 0 radical (unpaired) electrons. The molecule has 0 amide bonds. The Hall–Kier alpha value is -2.21. The summed E-state index contributed by atoms with van der Waals surface area (Å²) in [6.45, 7) is 5.20. The molecule has 0 aliphatic heterocycles. The number of nitrogens with zero attached hydrogens (tertiary/aromatic N) is 1. The van der Waals surface area contributed by atoms with Crippen LogP contribution in [-0.4, -0.2) is 14.1 Å². The summed E-state index contributed by atoms with van der Waals surface area (Å²) >= 11 is 0. The molecule has 6 heteroatoms. The van der Waals surface area contributed by atoms with Gasteiger partial charge in [0.05, 0.1) is 10.6 Å². The molecular formula is C16H17FN2O2S. The van der Waals surface area contributed by atoms with Gasteiger partial charge < -0.3 is 0 Å². The van der Waals surface area contributed by atoms with E-state index in [-0.39, 0.29) is 10.7 Å². The van der Waals surface area contributed by atoms with Gasteiger partial charge in [-0.3, -0.25) is 0 Å². The third-order valence-corrected chi connectivity index (χ3v) is 4.58. The van der Waals surface area contributed by atoms with Gasteiger partial charge >= 0.3 is 0 Å². The highest BCUT2D eigenvalue weighted by molar-refractivity contribution is 7.89. The van der Waals surface area contributed by atoms with E-state index in [0.717, 1.165) is 5.56 Å². The summed E-state index contributed by atoms with van der Waals surface area (Å²) in [4.78, 5) is 2.42. The molecule has 2 aromatic rings. The Kier molecular flexibility index (Phi) is 4.61. The molecule has 0 aromatic heterocycles. The molecule has 1 N–H and O–H groups in total. The quantitative estimate of drug-likeness (QED) is 0.695. The van der Waals surface area contributed by atoms with Crippen LogP contribution >= 0.6 is 0 Å². The number of sulfonamides is 1. The van der Waals surface area contributed by atoms with E-state index in [9.17, 15) is 12.8 Å². The van der Waals surface area contributed by atoms with Crippen molar-refractivity contribution >= 4 is 15.7 Å². The van der Waals surface area contributed by atoms with E-state index in [1.807, 2.05) is 13.0 Å². The number of halogens is 1. The maximum Gasteiger partial charge on any atom is 0.276 e. The van der Waals surface area contributed by atoms with Gasteiger partial charge in [-0.2, -0.15) is 18.4 Å². The zero-order chi connectivity index (χ0) is 16.3. The van der Waals surface area contributed by atoms with E-state index in [2.05, 4.69) is 9.93 Å². The van der Waals surface area contributed by atoms with Crippen molar-refractivity contribution in [1.82, 2.24) is 4.83 Å². The molecule has 2 aromatic carbocycles. The van der Waals surface area contributed by atoms with Gasteiger partial charge in [0.2, 0.25) is 0 Å². The van der Waals surface area contributed by atoms with E-state index in [1.165, 1.54) is 12.1 Å². The first-order valence-electron chi connectivity index (χ1n) is 6.69. The lowest BCUT2D eigenvalue weighted by atomic mass is 10.1. The van der Waals surface area contributed by atoms with E-state index in [0.29, 0.717) is 16.8 Å². The predicted molar refractivity (Wildman–Crippen MR) is 84.8 cm³/mol. The van der Waals surface area contributed by atoms with Gasteiger partial charge in [-0.15, -0.1) is 0 Å². The highest BCUT2D eigenvalue weighted by Gasteiger charge is 2.16. The number of aryl methyl sites for hydroxylation is 2. The Morgan fingerprint density at radius 1 is 1.09 bits per heavy atom. The molecule has 0 atom stereocenters. The summed E-state index contributed by atoms with van der Waals surface area (Å²) in [5.41, 5.74) is 2.59. The van der Waals surface area contributed by atoms with Crippen LogP contribution in [0.3, 0.4) is 0 Å². The molecule has 22 heavy (non-hydrogen) atoms. The van der Waals surface area contributed by atoms with Crippen LogP contribution in [0.25, 0.3) is 0 Å². The lowest BCUT2D eigenvalue weighted by Crippen LogP contribution is -2.21. The number of rotatable bonds is 4. The third-order valence-electron chi connectivity index (χ3n) is 3.23. The second kappa shape index (κ2) is 6.27. The molecule has 0 spiro atoms. The van der Waals surface area contributed by atoms with Crippen molar-refractivity contribution in [3.05, 3.63) is 65.0 Å². The van der Waals surface area contributed by atoms with Gasteiger partial charge in [-0.25, -0.2) is 4.39 Å². The van der Waals surface area contributed by atoms with Gasteiger partial charge in [-0.05, 0) is 55.7 Å². The van der Waals surface area contributed by atoms with Gasteiger partial charge in [0.15, 0.2) is 0 Å². The zero-order valence-electron chi connectivity index (χ0n) is 12.6. The van der Waals surface area contributed by atoms with Crippen molar-refractivity contribution in [3.63, 3.8) is 0 Å². The Bertz CT molecular complexity index is 813. The van der Waals surface area contributed by atoms with Crippen LogP contribution in [0, 0.1) is 19.7 Å². The van der Waals surface area contributed by atoms with Gasteiger partial charge in [0.25, 0.3) is 10.0 Å². The summed E-state index contributed by atoms with van der Waals surface area (Å²) in [5.74, 6) is -0.354. The minimum absolute atomic E-state index is 0.197. The fraction of sp³-hybridized carbons (Fsp3) is 0.188. The Labute approximate surface area is 129 Å². The molecule has 0 fully saturated rings. The summed E-state index contributed by atoms with van der Waals surface area (Å²) in [7, 11) is -3.74. The van der Waals surface area contributed by atoms with E-state index < -0.39 is 10.0 Å². The number of hydrazone groups is 1. The van der Waals surface area contributed by atoms with E-state index in [4.69, 9.17) is 0 Å². The highest BCUT2D eigenvalue weighted by atomic mass is 32.2. The molecule has 0 saturated heterocycles. The molecule has 0 aliphatic carbocycles. The molecule has 0 saturated carbocycles. The van der Waals surface area contributed by atoms with E-state index >= 15 is 0 Å². The number of hydrogen-bond donors (Lipinski definition) is 1. The first kappa shape index (κ1) is 16.2. The van der Waals surface area contributed by atoms with Gasteiger partial charge in [0, 0.05) is 0 Å². The summed E-state index contributed by atoms with van der Waals surface area (Å²) in [5, 5.41) is 3.90. The summed E-state index contributed by atoms with van der Waals surface area (Å²) in [6.07, 6.45) is 0. The van der Waals surface area contributed by atoms with Gasteiger partial charge in [-0.1, -0.05) is 24.3 Å². The summed E-state index contributed by atoms with van der Waals surface area (Å²) < 4.78 is 37.5. The predicted octanol–water partition coefficient (Wildman–Crippen LogP) is 3.15. The Balaban J connectivity index is 2.27. The van der Waals surface area contributed by atoms with Crippen LogP contribution < -0.4 is 4.83 Å². The SMILES string of the molecule is CC(=NNS(=O)(=O)c1cc(C)ccc1C)c1ccc(F)cc1. The average molecular weight is 320 g/mol. The molecule has 0 aliphatic rings. The van der Waals surface area contributed by atoms with Gasteiger partial charge in [0.1, 0.15) is 5.82 Å². The maximum absolute atomic E-state index is 12.9. The number of nitrogens with one attached hydrogen (secondary N) is 1. The zero-order valence-corrected chi connectivity index (χ0v) is 13.4. The first-order chi connectivity index (χ1) is 10.3. The van der Waals surface area contributed by atoms with Crippen LogP contribution in [0.5, 0.6) is 0 Å². The minimum atomic E-state index is -3.74. The largest absolute Gasteiger partial charge is 0.276 e. The average Bonchev–Trinajstić information content (AvgIpc) is 2.48. The van der Waals surface area contributed by atoms with Crippen LogP contribution in [0.4, 0.5) is 4.39 Å². The molecule has 4 nitrogen and oxygen atoms in total. The molecule has 2 rings (SSSR count). The molecule has 0 heterocycles. The smallest absolute Gasteiger partial charge is 0.207 e. The molecule has 116 valence electrons. The lowest BCUT2D eigenvalue weighted by Gasteiger charge is -2.09. The first-order valence-corrected chi connectivity index (χ1v) is 8.17. The van der Waals surface area contributed by atoms with Crippen LogP contribution in [0.1, 0.15) is 23.6 Å². The van der Waals surface area contributed by atoms with Crippen molar-refractivity contribution in [2.24, 2.45) is 5.10 Å². The van der Waals surface area contributed by atoms with Crippen molar-refractivity contribution < 1.29 is 12.8 Å². The lowest BCUT2D eigenvalue weighted by molar-refractivity contribution is 0.583. The number of benzene rings is 2. The van der Waals surface area contributed by atoms with Crippen molar-refractivity contribution in [2.75, 3.05) is 0 Å². The topological polar surface area (TPSA) is 58.5 Å². The third kappa shape index (κ3) is 3.71. The van der Waals surface area contributed by atoms with Crippen molar-refractivity contribution in [3.8, 4) is 0 Å². The number of hydrogen-bond acceptors (Lipinski definition) is 3. The van der Waals surface area contributed by atoms with Crippen molar-refractivity contribution in [1.29, 1.82) is 0 Å². The van der Waals surface area contributed by atoms with Crippen LogP contribution in [0.2, 0.25) is 0 Å². The Morgan fingerprint density at radius 3 is 2.36 bits per heavy atom. The van der Waals surface area contributed by atoms with Crippen molar-refractivity contribution in [2.45, 2.75) is 25.7 Å². The Morgan fingerprint density at radius 2 is 1.73 bits per heavy atom.